The number of rotatable bonds is 10. The number of nitrogens with one attached hydrogen (secondary N) is 2. The molecule has 0 aliphatic carbocycles. The lowest BCUT2D eigenvalue weighted by atomic mass is 9.98. The molecule has 41 heavy (non-hydrogen) atoms. The van der Waals surface area contributed by atoms with Crippen molar-refractivity contribution in [3.63, 3.8) is 0 Å². The van der Waals surface area contributed by atoms with E-state index >= 15 is 0 Å². The van der Waals surface area contributed by atoms with Crippen LogP contribution in [0.1, 0.15) is 51.8 Å². The number of hydrogen-bond acceptors (Lipinski definition) is 6. The molecule has 0 spiro atoms. The molecule has 0 heterocycles. The van der Waals surface area contributed by atoms with Gasteiger partial charge in [-0.25, -0.2) is 4.79 Å². The Morgan fingerprint density at radius 3 is 2.07 bits per heavy atom. The molecule has 2 unspecified atom stereocenters. The van der Waals surface area contributed by atoms with Gasteiger partial charge in [0.15, 0.2) is 0 Å². The Kier molecular flexibility index (Phi) is 10.4. The maximum absolute atomic E-state index is 14.3. The van der Waals surface area contributed by atoms with E-state index in [2.05, 4.69) is 10.6 Å². The molecular formula is C32H39N3O6. The lowest BCUT2D eigenvalue weighted by molar-refractivity contribution is -0.143. The van der Waals surface area contributed by atoms with Crippen molar-refractivity contribution >= 4 is 23.6 Å². The minimum atomic E-state index is -1.22. The molecule has 9 nitrogen and oxygen atoms in total. The summed E-state index contributed by atoms with van der Waals surface area (Å²) in [4.78, 5) is 42.5. The summed E-state index contributed by atoms with van der Waals surface area (Å²) in [6.07, 6.45) is -0.590. The molecular weight excluding hydrogens is 522 g/mol. The van der Waals surface area contributed by atoms with Gasteiger partial charge in [-0.2, -0.15) is 0 Å². The molecule has 3 amide bonds. The van der Waals surface area contributed by atoms with Crippen LogP contribution in [-0.4, -0.2) is 52.7 Å². The smallest absolute Gasteiger partial charge is 0.408 e. The van der Waals surface area contributed by atoms with Crippen molar-refractivity contribution in [3.05, 3.63) is 90.0 Å². The SMILES string of the molecule is COc1ccc(NC(=O)C(c2ccccc2O)N(C(=O)C(Cc2ccccc2)NC(=O)OC(C)(C)C)C(C)C)cc1. The van der Waals surface area contributed by atoms with Crippen LogP contribution in [0.4, 0.5) is 10.5 Å². The maximum atomic E-state index is 14.3. The molecule has 0 saturated carbocycles. The minimum absolute atomic E-state index is 0.138. The number of amides is 3. The Balaban J connectivity index is 2.04. The highest BCUT2D eigenvalue weighted by molar-refractivity contribution is 5.99. The van der Waals surface area contributed by atoms with Crippen LogP contribution in [0, 0.1) is 0 Å². The van der Waals surface area contributed by atoms with E-state index in [-0.39, 0.29) is 17.7 Å². The van der Waals surface area contributed by atoms with Gasteiger partial charge < -0.3 is 30.1 Å². The molecule has 0 aliphatic rings. The molecule has 9 heteroatoms. The number of anilines is 1. The number of para-hydroxylation sites is 1. The number of phenolic OH excluding ortho intramolecular Hbond substituents is 1. The van der Waals surface area contributed by atoms with Crippen molar-refractivity contribution in [2.45, 2.75) is 64.8 Å². The van der Waals surface area contributed by atoms with Crippen molar-refractivity contribution in [1.29, 1.82) is 0 Å². The standard InChI is InChI=1S/C32H39N3O6/c1-21(2)35(30(38)26(20-22-12-8-7-9-13-22)34-31(39)41-32(3,4)5)28(25-14-10-11-15-27(25)36)29(37)33-23-16-18-24(40-6)19-17-23/h7-19,21,26,28,36H,20H2,1-6H3,(H,33,37)(H,34,39). The fourth-order valence-corrected chi connectivity index (χ4v) is 4.38. The van der Waals surface area contributed by atoms with Crippen LogP contribution in [-0.2, 0) is 20.7 Å². The quantitative estimate of drug-likeness (QED) is 0.303. The van der Waals surface area contributed by atoms with E-state index in [9.17, 15) is 19.5 Å². The first-order valence-electron chi connectivity index (χ1n) is 13.5. The number of aromatic hydroxyl groups is 1. The third-order valence-electron chi connectivity index (χ3n) is 6.20. The van der Waals surface area contributed by atoms with Gasteiger partial charge in [-0.15, -0.1) is 0 Å². The highest BCUT2D eigenvalue weighted by atomic mass is 16.6. The number of benzene rings is 3. The van der Waals surface area contributed by atoms with E-state index in [1.54, 1.807) is 84.2 Å². The Morgan fingerprint density at radius 2 is 1.51 bits per heavy atom. The molecule has 2 atom stereocenters. The highest BCUT2D eigenvalue weighted by Crippen LogP contribution is 2.32. The second-order valence-electron chi connectivity index (χ2n) is 10.9. The third kappa shape index (κ3) is 8.73. The number of methoxy groups -OCH3 is 1. The summed E-state index contributed by atoms with van der Waals surface area (Å²) in [5.41, 5.74) is 0.766. The van der Waals surface area contributed by atoms with Crippen molar-refractivity contribution in [2.75, 3.05) is 12.4 Å². The van der Waals surface area contributed by atoms with Crippen LogP contribution in [0.25, 0.3) is 0 Å². The first kappa shape index (κ1) is 31.0. The number of alkyl carbamates (subject to hydrolysis) is 1. The Morgan fingerprint density at radius 1 is 0.902 bits per heavy atom. The second-order valence-corrected chi connectivity index (χ2v) is 10.9. The lowest BCUT2D eigenvalue weighted by Gasteiger charge is -2.37. The number of carbonyl (C=O) groups excluding carboxylic acids is 3. The van der Waals surface area contributed by atoms with E-state index in [0.29, 0.717) is 11.4 Å². The Bertz CT molecular complexity index is 1320. The number of nitrogens with zero attached hydrogens (tertiary/aromatic N) is 1. The van der Waals surface area contributed by atoms with Gasteiger partial charge in [0.25, 0.3) is 5.91 Å². The van der Waals surface area contributed by atoms with Crippen LogP contribution >= 0.6 is 0 Å². The molecule has 218 valence electrons. The fourth-order valence-electron chi connectivity index (χ4n) is 4.38. The number of hydrogen-bond donors (Lipinski definition) is 3. The van der Waals surface area contributed by atoms with Crippen LogP contribution < -0.4 is 15.4 Å². The van der Waals surface area contributed by atoms with E-state index in [1.165, 1.54) is 11.0 Å². The van der Waals surface area contributed by atoms with E-state index in [0.717, 1.165) is 5.56 Å². The van der Waals surface area contributed by atoms with Crippen LogP contribution in [0.3, 0.4) is 0 Å². The minimum Gasteiger partial charge on any atom is -0.508 e. The predicted molar refractivity (Wildman–Crippen MR) is 158 cm³/mol. The van der Waals surface area contributed by atoms with Gasteiger partial charge in [0, 0.05) is 23.7 Å². The summed E-state index contributed by atoms with van der Waals surface area (Å²) in [6.45, 7) is 8.76. The third-order valence-corrected chi connectivity index (χ3v) is 6.20. The molecule has 0 saturated heterocycles. The summed E-state index contributed by atoms with van der Waals surface area (Å²) in [5.74, 6) is -0.556. The van der Waals surface area contributed by atoms with Crippen LogP contribution in [0.15, 0.2) is 78.9 Å². The van der Waals surface area contributed by atoms with E-state index < -0.39 is 41.6 Å². The van der Waals surface area contributed by atoms with Gasteiger partial charge in [0.2, 0.25) is 5.91 Å². The van der Waals surface area contributed by atoms with Crippen LogP contribution in [0.5, 0.6) is 11.5 Å². The molecule has 0 aromatic heterocycles. The molecule has 3 N–H and O–H groups in total. The Hall–Kier alpha value is -4.53. The Labute approximate surface area is 241 Å². The average Bonchev–Trinajstić information content (AvgIpc) is 2.91. The van der Waals surface area contributed by atoms with Gasteiger partial charge in [0.1, 0.15) is 29.2 Å². The molecule has 0 fully saturated rings. The van der Waals surface area contributed by atoms with Gasteiger partial charge in [-0.3, -0.25) is 9.59 Å². The monoisotopic (exact) mass is 561 g/mol. The average molecular weight is 562 g/mol. The summed E-state index contributed by atoms with van der Waals surface area (Å²) < 4.78 is 10.7. The zero-order chi connectivity index (χ0) is 30.2. The highest BCUT2D eigenvalue weighted by Gasteiger charge is 2.39. The molecule has 3 aromatic carbocycles. The largest absolute Gasteiger partial charge is 0.508 e. The van der Waals surface area contributed by atoms with Crippen molar-refractivity contribution < 1.29 is 29.0 Å². The van der Waals surface area contributed by atoms with Gasteiger partial charge in [-0.1, -0.05) is 48.5 Å². The summed E-state index contributed by atoms with van der Waals surface area (Å²) in [5, 5.41) is 16.4. The van der Waals surface area contributed by atoms with Gasteiger partial charge >= 0.3 is 6.09 Å². The summed E-state index contributed by atoms with van der Waals surface area (Å²) >= 11 is 0. The maximum Gasteiger partial charge on any atom is 0.408 e. The van der Waals surface area contributed by atoms with Crippen LogP contribution in [0.2, 0.25) is 0 Å². The summed E-state index contributed by atoms with van der Waals surface area (Å²) in [6, 6.07) is 19.7. The predicted octanol–water partition coefficient (Wildman–Crippen LogP) is 5.45. The first-order chi connectivity index (χ1) is 19.4. The van der Waals surface area contributed by atoms with E-state index in [1.807, 2.05) is 30.3 Å². The zero-order valence-corrected chi connectivity index (χ0v) is 24.4. The van der Waals surface area contributed by atoms with Crippen molar-refractivity contribution in [2.24, 2.45) is 0 Å². The normalized spacial score (nSPS) is 12.7. The number of ether oxygens (including phenoxy) is 2. The molecule has 0 bridgehead atoms. The number of phenols is 1. The van der Waals surface area contributed by atoms with Gasteiger partial charge in [0.05, 0.1) is 7.11 Å². The molecule has 3 aromatic rings. The molecule has 0 radical (unpaired) electrons. The fraction of sp³-hybridized carbons (Fsp3) is 0.344. The van der Waals surface area contributed by atoms with Crippen molar-refractivity contribution in [3.8, 4) is 11.5 Å². The molecule has 0 aliphatic heterocycles. The second kappa shape index (κ2) is 13.7. The zero-order valence-electron chi connectivity index (χ0n) is 24.4. The molecule has 3 rings (SSSR count). The van der Waals surface area contributed by atoms with Gasteiger partial charge in [-0.05, 0) is 70.5 Å². The number of carbonyl (C=O) groups is 3. The topological polar surface area (TPSA) is 117 Å². The van der Waals surface area contributed by atoms with Crippen molar-refractivity contribution in [1.82, 2.24) is 10.2 Å². The summed E-state index contributed by atoms with van der Waals surface area (Å²) in [7, 11) is 1.55. The lowest BCUT2D eigenvalue weighted by Crippen LogP contribution is -2.55. The van der Waals surface area contributed by atoms with E-state index in [4.69, 9.17) is 9.47 Å². The first-order valence-corrected chi connectivity index (χ1v) is 13.5.